The van der Waals surface area contributed by atoms with Crippen molar-refractivity contribution in [3.63, 3.8) is 0 Å². The van der Waals surface area contributed by atoms with Crippen LogP contribution in [0.3, 0.4) is 0 Å². The van der Waals surface area contributed by atoms with E-state index in [1.807, 2.05) is 23.1 Å². The van der Waals surface area contributed by atoms with E-state index in [9.17, 15) is 4.79 Å². The quantitative estimate of drug-likeness (QED) is 0.888. The lowest BCUT2D eigenvalue weighted by atomic mass is 10.1. The molecule has 0 saturated carbocycles. The van der Waals surface area contributed by atoms with Gasteiger partial charge in [-0.05, 0) is 30.5 Å². The fraction of sp³-hybridized carbons (Fsp3) is 0.375. The predicted octanol–water partition coefficient (Wildman–Crippen LogP) is 2.84. The molecule has 0 amide bonds. The summed E-state index contributed by atoms with van der Waals surface area (Å²) in [5.74, 6) is 0.494. The van der Waals surface area contributed by atoms with Gasteiger partial charge in [0, 0.05) is 38.1 Å². The number of halogens is 2. The van der Waals surface area contributed by atoms with Crippen LogP contribution in [0.2, 0.25) is 10.0 Å². The number of rotatable bonds is 4. The highest BCUT2D eigenvalue weighted by Crippen LogP contribution is 2.23. The summed E-state index contributed by atoms with van der Waals surface area (Å²) in [5, 5.41) is 4.65. The van der Waals surface area contributed by atoms with Crippen LogP contribution in [0.15, 0.2) is 35.4 Å². The zero-order valence-electron chi connectivity index (χ0n) is 12.6. The van der Waals surface area contributed by atoms with Crippen molar-refractivity contribution in [3.8, 4) is 0 Å². The van der Waals surface area contributed by atoms with Gasteiger partial charge in [0.25, 0.3) is 5.56 Å². The summed E-state index contributed by atoms with van der Waals surface area (Å²) in [6, 6.07) is 5.95. The lowest BCUT2D eigenvalue weighted by Crippen LogP contribution is -2.47. The van der Waals surface area contributed by atoms with Gasteiger partial charge >= 0.3 is 0 Å². The largest absolute Gasteiger partial charge is 0.350 e. The maximum Gasteiger partial charge on any atom is 0.290 e. The molecule has 1 aromatic carbocycles. The molecule has 3 rings (SSSR count). The van der Waals surface area contributed by atoms with Crippen molar-refractivity contribution in [3.05, 3.63) is 56.6 Å². The Balaban J connectivity index is 1.62. The molecule has 2 N–H and O–H groups in total. The Morgan fingerprint density at radius 2 is 2.22 bits per heavy atom. The smallest absolute Gasteiger partial charge is 0.290 e. The van der Waals surface area contributed by atoms with Crippen LogP contribution in [-0.2, 0) is 6.54 Å². The first kappa shape index (κ1) is 16.3. The number of H-pyrrole nitrogens is 1. The Morgan fingerprint density at radius 1 is 1.35 bits per heavy atom. The number of nitrogens with one attached hydrogen (secondary N) is 2. The van der Waals surface area contributed by atoms with Crippen molar-refractivity contribution >= 4 is 29.0 Å². The highest BCUT2D eigenvalue weighted by molar-refractivity contribution is 6.42. The molecule has 0 spiro atoms. The minimum atomic E-state index is -0.141. The number of anilines is 1. The third-order valence-corrected chi connectivity index (χ3v) is 4.73. The summed E-state index contributed by atoms with van der Waals surface area (Å²) in [6.45, 7) is 2.33. The second kappa shape index (κ2) is 7.34. The summed E-state index contributed by atoms with van der Waals surface area (Å²) in [6.07, 6.45) is 5.26. The Bertz CT molecular complexity index is 734. The maximum atomic E-state index is 11.9. The topological polar surface area (TPSA) is 61.0 Å². The molecule has 2 heterocycles. The van der Waals surface area contributed by atoms with Crippen LogP contribution < -0.4 is 15.8 Å². The van der Waals surface area contributed by atoms with Gasteiger partial charge in [0.2, 0.25) is 0 Å². The van der Waals surface area contributed by atoms with Crippen LogP contribution in [0, 0.1) is 0 Å². The minimum absolute atomic E-state index is 0.141. The van der Waals surface area contributed by atoms with E-state index in [0.717, 1.165) is 31.5 Å². The summed E-state index contributed by atoms with van der Waals surface area (Å²) < 4.78 is 0. The molecule has 1 aliphatic heterocycles. The lowest BCUT2D eigenvalue weighted by molar-refractivity contribution is 0.419. The number of nitrogens with zero attached hydrogens (tertiary/aromatic N) is 2. The van der Waals surface area contributed by atoms with E-state index in [0.29, 0.717) is 28.4 Å². The van der Waals surface area contributed by atoms with Gasteiger partial charge in [0.15, 0.2) is 5.82 Å². The second-order valence-corrected chi connectivity index (χ2v) is 6.47. The fourth-order valence-electron chi connectivity index (χ4n) is 2.82. The van der Waals surface area contributed by atoms with Crippen molar-refractivity contribution in [2.24, 2.45) is 0 Å². The number of aromatic nitrogens is 2. The maximum absolute atomic E-state index is 11.9. The first-order chi connectivity index (χ1) is 11.1. The Hall–Kier alpha value is -1.56. The van der Waals surface area contributed by atoms with Gasteiger partial charge in [-0.15, -0.1) is 0 Å². The fourth-order valence-corrected chi connectivity index (χ4v) is 3.14. The molecule has 2 aromatic rings. The van der Waals surface area contributed by atoms with E-state index in [4.69, 9.17) is 23.2 Å². The van der Waals surface area contributed by atoms with Crippen molar-refractivity contribution in [1.82, 2.24) is 15.3 Å². The monoisotopic (exact) mass is 352 g/mol. The normalized spacial score (nSPS) is 18.2. The van der Waals surface area contributed by atoms with Crippen molar-refractivity contribution in [2.45, 2.75) is 25.4 Å². The van der Waals surface area contributed by atoms with Gasteiger partial charge in [-0.2, -0.15) is 0 Å². The predicted molar refractivity (Wildman–Crippen MR) is 93.4 cm³/mol. The van der Waals surface area contributed by atoms with E-state index in [-0.39, 0.29) is 5.56 Å². The number of benzene rings is 1. The van der Waals surface area contributed by atoms with Gasteiger partial charge in [-0.25, -0.2) is 4.98 Å². The Kier molecular flexibility index (Phi) is 5.20. The van der Waals surface area contributed by atoms with Gasteiger partial charge in [0.05, 0.1) is 10.0 Å². The highest BCUT2D eigenvalue weighted by Gasteiger charge is 2.22. The van der Waals surface area contributed by atoms with Crippen molar-refractivity contribution in [2.75, 3.05) is 18.0 Å². The molecule has 1 unspecified atom stereocenters. The average molecular weight is 353 g/mol. The van der Waals surface area contributed by atoms with Gasteiger partial charge in [0.1, 0.15) is 0 Å². The van der Waals surface area contributed by atoms with Crippen LogP contribution in [0.5, 0.6) is 0 Å². The van der Waals surface area contributed by atoms with Crippen LogP contribution in [-0.4, -0.2) is 29.1 Å². The lowest BCUT2D eigenvalue weighted by Gasteiger charge is -2.33. The van der Waals surface area contributed by atoms with E-state index in [2.05, 4.69) is 15.3 Å². The third kappa shape index (κ3) is 4.05. The van der Waals surface area contributed by atoms with Crippen LogP contribution >= 0.6 is 23.2 Å². The minimum Gasteiger partial charge on any atom is -0.350 e. The van der Waals surface area contributed by atoms with Gasteiger partial charge < -0.3 is 15.2 Å². The molecule has 23 heavy (non-hydrogen) atoms. The second-order valence-electron chi connectivity index (χ2n) is 5.66. The zero-order valence-corrected chi connectivity index (χ0v) is 14.1. The Morgan fingerprint density at radius 3 is 3.00 bits per heavy atom. The van der Waals surface area contributed by atoms with E-state index in [1.165, 1.54) is 0 Å². The molecule has 7 heteroatoms. The zero-order chi connectivity index (χ0) is 16.2. The molecule has 1 fully saturated rings. The summed E-state index contributed by atoms with van der Waals surface area (Å²) >= 11 is 12.0. The highest BCUT2D eigenvalue weighted by atomic mass is 35.5. The summed E-state index contributed by atoms with van der Waals surface area (Å²) in [4.78, 5) is 20.8. The van der Waals surface area contributed by atoms with Crippen LogP contribution in [0.25, 0.3) is 0 Å². The molecule has 1 saturated heterocycles. The first-order valence-electron chi connectivity index (χ1n) is 7.59. The van der Waals surface area contributed by atoms with Crippen molar-refractivity contribution < 1.29 is 0 Å². The summed E-state index contributed by atoms with van der Waals surface area (Å²) in [7, 11) is 0. The van der Waals surface area contributed by atoms with E-state index in [1.54, 1.807) is 12.4 Å². The molecule has 1 aliphatic rings. The molecule has 0 aliphatic carbocycles. The molecule has 5 nitrogen and oxygen atoms in total. The Labute approximate surface area is 144 Å². The molecule has 1 atom stereocenters. The van der Waals surface area contributed by atoms with Gasteiger partial charge in [-0.1, -0.05) is 29.3 Å². The van der Waals surface area contributed by atoms with E-state index >= 15 is 0 Å². The summed E-state index contributed by atoms with van der Waals surface area (Å²) in [5.41, 5.74) is 0.949. The SMILES string of the molecule is O=c1[nH]ccnc1N1CCCC(NCc2ccc(Cl)c(Cl)c2)C1. The number of hydrogen-bond acceptors (Lipinski definition) is 4. The molecular weight excluding hydrogens is 335 g/mol. The standard InChI is InChI=1S/C16H18Cl2N4O/c17-13-4-3-11(8-14(13)18)9-21-12-2-1-7-22(10-12)15-16(23)20-6-5-19-15/h3-6,8,12,21H,1-2,7,9-10H2,(H,20,23). The van der Waals surface area contributed by atoms with Gasteiger partial charge in [-0.3, -0.25) is 4.79 Å². The molecular formula is C16H18Cl2N4O. The third-order valence-electron chi connectivity index (χ3n) is 3.99. The van der Waals surface area contributed by atoms with E-state index < -0.39 is 0 Å². The molecule has 0 bridgehead atoms. The van der Waals surface area contributed by atoms with Crippen LogP contribution in [0.4, 0.5) is 5.82 Å². The average Bonchev–Trinajstić information content (AvgIpc) is 2.57. The van der Waals surface area contributed by atoms with Crippen molar-refractivity contribution in [1.29, 1.82) is 0 Å². The number of aromatic amines is 1. The molecule has 1 aromatic heterocycles. The molecule has 122 valence electrons. The first-order valence-corrected chi connectivity index (χ1v) is 8.35. The number of piperidine rings is 1. The number of hydrogen-bond donors (Lipinski definition) is 2. The van der Waals surface area contributed by atoms with Crippen LogP contribution in [0.1, 0.15) is 18.4 Å². The molecule has 0 radical (unpaired) electrons.